The Bertz CT molecular complexity index is 284. The summed E-state index contributed by atoms with van der Waals surface area (Å²) >= 11 is 1.77. The minimum atomic E-state index is 0.695. The molecule has 1 rings (SSSR count). The molecular weight excluding hydrogens is 206 g/mol. The van der Waals surface area contributed by atoms with E-state index in [-0.39, 0.29) is 0 Å². The van der Waals surface area contributed by atoms with Crippen LogP contribution < -0.4 is 4.74 Å². The van der Waals surface area contributed by atoms with E-state index in [9.17, 15) is 0 Å². The van der Waals surface area contributed by atoms with Gasteiger partial charge in [0.15, 0.2) is 0 Å². The molecule has 0 bridgehead atoms. The largest absolute Gasteiger partial charge is 0.497 e. The number of nitrogens with zero attached hydrogens (tertiary/aromatic N) is 1. The van der Waals surface area contributed by atoms with Crippen molar-refractivity contribution in [1.29, 1.82) is 0 Å². The van der Waals surface area contributed by atoms with Crippen LogP contribution >= 0.6 is 11.9 Å². The van der Waals surface area contributed by atoms with Gasteiger partial charge < -0.3 is 4.74 Å². The van der Waals surface area contributed by atoms with Crippen molar-refractivity contribution in [3.05, 3.63) is 24.3 Å². The molecule has 0 radical (unpaired) electrons. The Kier molecular flexibility index (Phi) is 4.99. The molecule has 0 saturated heterocycles. The number of rotatable bonds is 5. The number of ether oxygens (including phenoxy) is 1. The van der Waals surface area contributed by atoms with E-state index in [1.807, 2.05) is 12.1 Å². The van der Waals surface area contributed by atoms with E-state index in [1.54, 1.807) is 19.1 Å². The third kappa shape index (κ3) is 4.58. The standard InChI is InChI=1S/C12H19NOS/c1-10(2)9-13(3)15-12-7-5-11(14-4)6-8-12/h5-8,10H,9H2,1-4H3. The summed E-state index contributed by atoms with van der Waals surface area (Å²) < 4.78 is 7.37. The maximum atomic E-state index is 5.12. The topological polar surface area (TPSA) is 12.5 Å². The van der Waals surface area contributed by atoms with Crippen molar-refractivity contribution in [2.75, 3.05) is 20.7 Å². The maximum Gasteiger partial charge on any atom is 0.118 e. The summed E-state index contributed by atoms with van der Waals surface area (Å²) in [7, 11) is 3.81. The fraction of sp³-hybridized carbons (Fsp3) is 0.500. The van der Waals surface area contributed by atoms with Crippen LogP contribution in [0.25, 0.3) is 0 Å². The molecule has 0 N–H and O–H groups in total. The molecule has 0 fully saturated rings. The summed E-state index contributed by atoms with van der Waals surface area (Å²) in [6, 6.07) is 8.15. The summed E-state index contributed by atoms with van der Waals surface area (Å²) in [6.07, 6.45) is 0. The number of hydrogen-bond donors (Lipinski definition) is 0. The molecule has 0 aliphatic rings. The highest BCUT2D eigenvalue weighted by Crippen LogP contribution is 2.24. The molecule has 1 aromatic carbocycles. The van der Waals surface area contributed by atoms with Gasteiger partial charge in [0.2, 0.25) is 0 Å². The second-order valence-corrected chi connectivity index (χ2v) is 5.25. The Labute approximate surface area is 96.8 Å². The van der Waals surface area contributed by atoms with Crippen LogP contribution in [0.4, 0.5) is 0 Å². The molecule has 1 aromatic rings. The monoisotopic (exact) mass is 225 g/mol. The molecule has 0 aromatic heterocycles. The normalized spacial score (nSPS) is 11.1. The molecule has 0 spiro atoms. The van der Waals surface area contributed by atoms with Crippen LogP contribution in [0.5, 0.6) is 5.75 Å². The van der Waals surface area contributed by atoms with E-state index in [0.29, 0.717) is 5.92 Å². The van der Waals surface area contributed by atoms with Gasteiger partial charge in [0.1, 0.15) is 5.75 Å². The Hall–Kier alpha value is -0.670. The van der Waals surface area contributed by atoms with Crippen molar-refractivity contribution in [3.8, 4) is 5.75 Å². The van der Waals surface area contributed by atoms with E-state index in [0.717, 1.165) is 12.3 Å². The zero-order valence-electron chi connectivity index (χ0n) is 9.86. The highest BCUT2D eigenvalue weighted by molar-refractivity contribution is 7.97. The smallest absolute Gasteiger partial charge is 0.118 e. The van der Waals surface area contributed by atoms with Crippen LogP contribution in [0.1, 0.15) is 13.8 Å². The van der Waals surface area contributed by atoms with E-state index in [2.05, 4.69) is 37.3 Å². The maximum absolute atomic E-state index is 5.12. The second-order valence-electron chi connectivity index (χ2n) is 3.97. The predicted octanol–water partition coefficient (Wildman–Crippen LogP) is 3.29. The first-order valence-electron chi connectivity index (χ1n) is 5.15. The van der Waals surface area contributed by atoms with Gasteiger partial charge in [-0.15, -0.1) is 0 Å². The first kappa shape index (κ1) is 12.4. The Balaban J connectivity index is 2.49. The minimum Gasteiger partial charge on any atom is -0.497 e. The van der Waals surface area contributed by atoms with Crippen molar-refractivity contribution in [2.24, 2.45) is 5.92 Å². The average molecular weight is 225 g/mol. The Morgan fingerprint density at radius 1 is 1.27 bits per heavy atom. The van der Waals surface area contributed by atoms with Gasteiger partial charge in [-0.25, -0.2) is 4.31 Å². The summed E-state index contributed by atoms with van der Waals surface area (Å²) in [4.78, 5) is 1.25. The van der Waals surface area contributed by atoms with Crippen molar-refractivity contribution >= 4 is 11.9 Å². The van der Waals surface area contributed by atoms with Crippen LogP contribution in [-0.4, -0.2) is 25.0 Å². The molecule has 0 amide bonds. The lowest BCUT2D eigenvalue weighted by Gasteiger charge is -2.17. The summed E-state index contributed by atoms with van der Waals surface area (Å²) in [5, 5.41) is 0. The van der Waals surface area contributed by atoms with Gasteiger partial charge >= 0.3 is 0 Å². The highest BCUT2D eigenvalue weighted by Gasteiger charge is 2.03. The fourth-order valence-electron chi connectivity index (χ4n) is 1.37. The van der Waals surface area contributed by atoms with Gasteiger partial charge in [0.25, 0.3) is 0 Å². The van der Waals surface area contributed by atoms with Gasteiger partial charge in [-0.2, -0.15) is 0 Å². The van der Waals surface area contributed by atoms with Crippen LogP contribution in [0.3, 0.4) is 0 Å². The SMILES string of the molecule is COc1ccc(SN(C)CC(C)C)cc1. The molecule has 0 atom stereocenters. The predicted molar refractivity (Wildman–Crippen MR) is 66.3 cm³/mol. The van der Waals surface area contributed by atoms with Crippen molar-refractivity contribution in [3.63, 3.8) is 0 Å². The quantitative estimate of drug-likeness (QED) is 0.713. The zero-order chi connectivity index (χ0) is 11.3. The molecule has 0 aliphatic heterocycles. The highest BCUT2D eigenvalue weighted by atomic mass is 32.2. The third-order valence-electron chi connectivity index (χ3n) is 1.94. The van der Waals surface area contributed by atoms with Crippen molar-refractivity contribution < 1.29 is 4.74 Å². The van der Waals surface area contributed by atoms with E-state index < -0.39 is 0 Å². The van der Waals surface area contributed by atoms with Gasteiger partial charge in [-0.05, 0) is 49.2 Å². The molecular formula is C12H19NOS. The first-order chi connectivity index (χ1) is 7.11. The van der Waals surface area contributed by atoms with E-state index >= 15 is 0 Å². The van der Waals surface area contributed by atoms with Crippen molar-refractivity contribution in [2.45, 2.75) is 18.7 Å². The molecule has 0 aliphatic carbocycles. The molecule has 0 heterocycles. The van der Waals surface area contributed by atoms with Crippen LogP contribution in [0, 0.1) is 5.92 Å². The van der Waals surface area contributed by atoms with Crippen LogP contribution in [0.15, 0.2) is 29.2 Å². The van der Waals surface area contributed by atoms with Gasteiger partial charge in [-0.3, -0.25) is 0 Å². The summed E-state index contributed by atoms with van der Waals surface area (Å²) in [5.41, 5.74) is 0. The Morgan fingerprint density at radius 2 is 1.87 bits per heavy atom. The van der Waals surface area contributed by atoms with Gasteiger partial charge in [0.05, 0.1) is 7.11 Å². The molecule has 2 nitrogen and oxygen atoms in total. The molecule has 3 heteroatoms. The lowest BCUT2D eigenvalue weighted by molar-refractivity contribution is 0.414. The lowest BCUT2D eigenvalue weighted by atomic mass is 10.2. The van der Waals surface area contributed by atoms with Crippen LogP contribution in [0.2, 0.25) is 0 Å². The Morgan fingerprint density at radius 3 is 2.33 bits per heavy atom. The van der Waals surface area contributed by atoms with E-state index in [1.165, 1.54) is 4.90 Å². The second kappa shape index (κ2) is 6.03. The first-order valence-corrected chi connectivity index (χ1v) is 5.92. The minimum absolute atomic E-state index is 0.695. The lowest BCUT2D eigenvalue weighted by Crippen LogP contribution is -2.15. The average Bonchev–Trinajstić information content (AvgIpc) is 2.17. The fourth-order valence-corrected chi connectivity index (χ4v) is 2.36. The summed E-state index contributed by atoms with van der Waals surface area (Å²) in [6.45, 7) is 5.55. The third-order valence-corrected chi connectivity index (χ3v) is 2.89. The molecule has 0 saturated carbocycles. The van der Waals surface area contributed by atoms with Crippen molar-refractivity contribution in [1.82, 2.24) is 4.31 Å². The molecule has 0 unspecified atom stereocenters. The summed E-state index contributed by atoms with van der Waals surface area (Å²) in [5.74, 6) is 1.60. The molecule has 15 heavy (non-hydrogen) atoms. The van der Waals surface area contributed by atoms with Gasteiger partial charge in [-0.1, -0.05) is 13.8 Å². The number of benzene rings is 1. The number of methoxy groups -OCH3 is 1. The zero-order valence-corrected chi connectivity index (χ0v) is 10.7. The molecule has 84 valence electrons. The van der Waals surface area contributed by atoms with E-state index in [4.69, 9.17) is 4.74 Å². The number of hydrogen-bond acceptors (Lipinski definition) is 3. The van der Waals surface area contributed by atoms with Gasteiger partial charge in [0, 0.05) is 11.4 Å². The van der Waals surface area contributed by atoms with Crippen LogP contribution in [-0.2, 0) is 0 Å².